The number of hydrogen-bond acceptors (Lipinski definition) is 3. The number of benzene rings is 1. The van der Waals surface area contributed by atoms with Gasteiger partial charge < -0.3 is 10.1 Å². The van der Waals surface area contributed by atoms with Crippen molar-refractivity contribution >= 4 is 16.8 Å². The molecule has 0 saturated heterocycles. The second kappa shape index (κ2) is 6.29. The molecule has 1 aromatic heterocycles. The van der Waals surface area contributed by atoms with Crippen LogP contribution in [0.1, 0.15) is 20.8 Å². The smallest absolute Gasteiger partial charge is 0.321 e. The van der Waals surface area contributed by atoms with Crippen LogP contribution in [-0.4, -0.2) is 34.7 Å². The molecule has 0 fully saturated rings. The van der Waals surface area contributed by atoms with Gasteiger partial charge in [0.05, 0.1) is 17.8 Å². The van der Waals surface area contributed by atoms with Crippen molar-refractivity contribution in [3.63, 3.8) is 0 Å². The quantitative estimate of drug-likeness (QED) is 0.862. The summed E-state index contributed by atoms with van der Waals surface area (Å²) < 4.78 is 31.6. The highest BCUT2D eigenvalue weighted by Crippen LogP contribution is 2.19. The summed E-state index contributed by atoms with van der Waals surface area (Å²) in [4.78, 5) is 11.4. The zero-order chi connectivity index (χ0) is 16.3. The highest BCUT2D eigenvalue weighted by molar-refractivity contribution is 5.83. The van der Waals surface area contributed by atoms with E-state index in [1.165, 1.54) is 0 Å². The second-order valence-corrected chi connectivity index (χ2v) is 5.64. The topological polar surface area (TPSA) is 67.0 Å². The maximum Gasteiger partial charge on any atom is 0.321 e. The SMILES string of the molecule is CC(C)C(COc1ccc2[nH]ncc2c1)NC(=O)C(C)(F)F. The Hall–Kier alpha value is -2.18. The van der Waals surface area contributed by atoms with Crippen LogP contribution in [0.25, 0.3) is 10.9 Å². The van der Waals surface area contributed by atoms with E-state index in [2.05, 4.69) is 15.5 Å². The highest BCUT2D eigenvalue weighted by atomic mass is 19.3. The molecule has 120 valence electrons. The number of halogens is 2. The molecule has 1 atom stereocenters. The molecule has 2 rings (SSSR count). The van der Waals surface area contributed by atoms with Gasteiger partial charge in [0, 0.05) is 12.3 Å². The Balaban J connectivity index is 2.00. The predicted molar refractivity (Wildman–Crippen MR) is 79.0 cm³/mol. The maximum absolute atomic E-state index is 13.0. The van der Waals surface area contributed by atoms with Crippen LogP contribution < -0.4 is 10.1 Å². The summed E-state index contributed by atoms with van der Waals surface area (Å²) >= 11 is 0. The summed E-state index contributed by atoms with van der Waals surface area (Å²) in [5, 5.41) is 9.96. The van der Waals surface area contributed by atoms with Gasteiger partial charge in [-0.05, 0) is 24.1 Å². The number of carbonyl (C=O) groups is 1. The minimum atomic E-state index is -3.40. The van der Waals surface area contributed by atoms with Gasteiger partial charge in [0.1, 0.15) is 12.4 Å². The fourth-order valence-electron chi connectivity index (χ4n) is 1.89. The van der Waals surface area contributed by atoms with Crippen LogP contribution in [0, 0.1) is 5.92 Å². The number of carbonyl (C=O) groups excluding carboxylic acids is 1. The first-order valence-corrected chi connectivity index (χ1v) is 7.02. The van der Waals surface area contributed by atoms with Gasteiger partial charge >= 0.3 is 5.92 Å². The third kappa shape index (κ3) is 3.93. The molecule has 0 aliphatic carbocycles. The van der Waals surface area contributed by atoms with Gasteiger partial charge in [-0.1, -0.05) is 13.8 Å². The van der Waals surface area contributed by atoms with E-state index in [1.807, 2.05) is 19.9 Å². The third-order valence-electron chi connectivity index (χ3n) is 3.36. The first-order valence-electron chi connectivity index (χ1n) is 7.02. The average molecular weight is 311 g/mol. The molecule has 0 radical (unpaired) electrons. The largest absolute Gasteiger partial charge is 0.491 e. The lowest BCUT2D eigenvalue weighted by atomic mass is 10.1. The second-order valence-electron chi connectivity index (χ2n) is 5.64. The maximum atomic E-state index is 13.0. The van der Waals surface area contributed by atoms with E-state index >= 15 is 0 Å². The summed E-state index contributed by atoms with van der Waals surface area (Å²) in [6, 6.07) is 4.87. The van der Waals surface area contributed by atoms with Gasteiger partial charge in [-0.3, -0.25) is 9.89 Å². The highest BCUT2D eigenvalue weighted by Gasteiger charge is 2.34. The first kappa shape index (κ1) is 16.2. The van der Waals surface area contributed by atoms with E-state index in [1.54, 1.807) is 18.3 Å². The van der Waals surface area contributed by atoms with Gasteiger partial charge in [0.25, 0.3) is 5.91 Å². The summed E-state index contributed by atoms with van der Waals surface area (Å²) in [5.41, 5.74) is 0.881. The number of aromatic nitrogens is 2. The number of aromatic amines is 1. The van der Waals surface area contributed by atoms with Crippen molar-refractivity contribution in [1.82, 2.24) is 15.5 Å². The van der Waals surface area contributed by atoms with E-state index in [9.17, 15) is 13.6 Å². The fraction of sp³-hybridized carbons (Fsp3) is 0.467. The number of rotatable bonds is 6. The Kier molecular flexibility index (Phi) is 4.63. The molecule has 0 bridgehead atoms. The number of alkyl halides is 2. The van der Waals surface area contributed by atoms with Crippen molar-refractivity contribution in [3.05, 3.63) is 24.4 Å². The molecule has 1 aromatic carbocycles. The molecular weight excluding hydrogens is 292 g/mol. The molecule has 1 amide bonds. The standard InChI is InChI=1S/C15H19F2N3O2/c1-9(2)13(19-14(21)15(3,16)17)8-22-11-4-5-12-10(6-11)7-18-20-12/h4-7,9,13H,8H2,1-3H3,(H,18,20)(H,19,21). The van der Waals surface area contributed by atoms with Crippen molar-refractivity contribution < 1.29 is 18.3 Å². The monoisotopic (exact) mass is 311 g/mol. The van der Waals surface area contributed by atoms with Gasteiger partial charge in [-0.25, -0.2) is 0 Å². The number of fused-ring (bicyclic) bond motifs is 1. The van der Waals surface area contributed by atoms with Gasteiger partial charge in [-0.15, -0.1) is 0 Å². The van der Waals surface area contributed by atoms with E-state index in [4.69, 9.17) is 4.74 Å². The lowest BCUT2D eigenvalue weighted by Crippen LogP contribution is -2.48. The minimum Gasteiger partial charge on any atom is -0.491 e. The Morgan fingerprint density at radius 1 is 1.45 bits per heavy atom. The van der Waals surface area contributed by atoms with Crippen LogP contribution in [-0.2, 0) is 4.79 Å². The minimum absolute atomic E-state index is 0.0380. The van der Waals surface area contributed by atoms with E-state index in [-0.39, 0.29) is 12.5 Å². The van der Waals surface area contributed by atoms with Crippen molar-refractivity contribution in [2.45, 2.75) is 32.7 Å². The number of amides is 1. The fourth-order valence-corrected chi connectivity index (χ4v) is 1.89. The molecule has 5 nitrogen and oxygen atoms in total. The van der Waals surface area contributed by atoms with Crippen molar-refractivity contribution in [1.29, 1.82) is 0 Å². The third-order valence-corrected chi connectivity index (χ3v) is 3.36. The Labute approximate surface area is 127 Å². The van der Waals surface area contributed by atoms with Crippen LogP contribution in [0.3, 0.4) is 0 Å². The molecular formula is C15H19F2N3O2. The van der Waals surface area contributed by atoms with Gasteiger partial charge in [0.2, 0.25) is 0 Å². The van der Waals surface area contributed by atoms with E-state index in [0.29, 0.717) is 12.7 Å². The molecule has 2 aromatic rings. The molecule has 7 heteroatoms. The number of H-pyrrole nitrogens is 1. The Bertz CT molecular complexity index is 650. The number of ether oxygens (including phenoxy) is 1. The molecule has 0 aliphatic rings. The Morgan fingerprint density at radius 2 is 2.18 bits per heavy atom. The average Bonchev–Trinajstić information content (AvgIpc) is 2.89. The van der Waals surface area contributed by atoms with Crippen LogP contribution in [0.4, 0.5) is 8.78 Å². The van der Waals surface area contributed by atoms with Gasteiger partial charge in [-0.2, -0.15) is 13.9 Å². The number of nitrogens with zero attached hydrogens (tertiary/aromatic N) is 1. The van der Waals surface area contributed by atoms with Crippen LogP contribution in [0.5, 0.6) is 5.75 Å². The summed E-state index contributed by atoms with van der Waals surface area (Å²) in [5.74, 6) is -4.14. The predicted octanol–water partition coefficient (Wildman–Crippen LogP) is 2.74. The molecule has 1 unspecified atom stereocenters. The summed E-state index contributed by atoms with van der Waals surface area (Å²) in [6.45, 7) is 4.36. The normalized spacial score (nSPS) is 13.4. The molecule has 2 N–H and O–H groups in total. The lowest BCUT2D eigenvalue weighted by Gasteiger charge is -2.24. The van der Waals surface area contributed by atoms with Crippen LogP contribution >= 0.6 is 0 Å². The Morgan fingerprint density at radius 3 is 2.82 bits per heavy atom. The lowest BCUT2D eigenvalue weighted by molar-refractivity contribution is -0.144. The summed E-state index contributed by atoms with van der Waals surface area (Å²) in [7, 11) is 0. The first-order chi connectivity index (χ1) is 10.3. The van der Waals surface area contributed by atoms with Gasteiger partial charge in [0.15, 0.2) is 0 Å². The zero-order valence-electron chi connectivity index (χ0n) is 12.7. The van der Waals surface area contributed by atoms with Crippen LogP contribution in [0.2, 0.25) is 0 Å². The molecule has 0 spiro atoms. The van der Waals surface area contributed by atoms with Crippen molar-refractivity contribution in [2.24, 2.45) is 5.92 Å². The molecule has 22 heavy (non-hydrogen) atoms. The van der Waals surface area contributed by atoms with Crippen molar-refractivity contribution in [2.75, 3.05) is 6.61 Å². The molecule has 1 heterocycles. The zero-order valence-corrected chi connectivity index (χ0v) is 12.7. The molecule has 0 saturated carbocycles. The molecule has 0 aliphatic heterocycles. The van der Waals surface area contributed by atoms with Crippen molar-refractivity contribution in [3.8, 4) is 5.75 Å². The number of hydrogen-bond donors (Lipinski definition) is 2. The number of nitrogens with one attached hydrogen (secondary N) is 2. The summed E-state index contributed by atoms with van der Waals surface area (Å²) in [6.07, 6.45) is 1.67. The van der Waals surface area contributed by atoms with E-state index < -0.39 is 17.9 Å². The van der Waals surface area contributed by atoms with E-state index in [0.717, 1.165) is 10.9 Å². The van der Waals surface area contributed by atoms with Crippen LogP contribution in [0.15, 0.2) is 24.4 Å².